The summed E-state index contributed by atoms with van der Waals surface area (Å²) in [7, 11) is 1.45. The average Bonchev–Trinajstić information content (AvgIpc) is 2.59. The average molecular weight is 400 g/mol. The molecule has 1 heterocycles. The Morgan fingerprint density at radius 3 is 2.63 bits per heavy atom. The SMILES string of the molecule is CNC(=O)Cc1cc(=O)[nH]c(SCC(=O)Nc2cccc(C(F)(F)F)c2)n1. The van der Waals surface area contributed by atoms with E-state index in [0.29, 0.717) is 0 Å². The van der Waals surface area contributed by atoms with Gasteiger partial charge in [0.15, 0.2) is 5.16 Å². The first-order valence-electron chi connectivity index (χ1n) is 7.58. The summed E-state index contributed by atoms with van der Waals surface area (Å²) in [5, 5.41) is 4.88. The molecule has 2 rings (SSSR count). The number of amides is 2. The van der Waals surface area contributed by atoms with Gasteiger partial charge in [0.1, 0.15) is 0 Å². The second kappa shape index (κ2) is 8.71. The van der Waals surface area contributed by atoms with Crippen molar-refractivity contribution in [2.45, 2.75) is 17.8 Å². The first-order valence-corrected chi connectivity index (χ1v) is 8.56. The minimum atomic E-state index is -4.51. The van der Waals surface area contributed by atoms with E-state index in [-0.39, 0.29) is 34.6 Å². The van der Waals surface area contributed by atoms with Gasteiger partial charge in [-0.15, -0.1) is 0 Å². The van der Waals surface area contributed by atoms with E-state index in [1.54, 1.807) is 0 Å². The predicted octanol–water partition coefficient (Wildman–Crippen LogP) is 1.81. The van der Waals surface area contributed by atoms with Crippen LogP contribution < -0.4 is 16.2 Å². The van der Waals surface area contributed by atoms with Gasteiger partial charge in [0.05, 0.1) is 23.4 Å². The molecule has 0 radical (unpaired) electrons. The molecule has 0 aliphatic carbocycles. The van der Waals surface area contributed by atoms with Crippen LogP contribution in [0.1, 0.15) is 11.3 Å². The first-order chi connectivity index (χ1) is 12.7. The van der Waals surface area contributed by atoms with Crippen molar-refractivity contribution in [3.8, 4) is 0 Å². The standard InChI is InChI=1S/C16H15F3N4O3S/c1-20-12(24)6-11-7-13(25)23-15(22-11)27-8-14(26)21-10-4-2-3-9(5-10)16(17,18)19/h2-5,7H,6,8H2,1H3,(H,20,24)(H,21,26)(H,22,23,25). The summed E-state index contributed by atoms with van der Waals surface area (Å²) in [6.07, 6.45) is -4.60. The number of hydrogen-bond acceptors (Lipinski definition) is 5. The smallest absolute Gasteiger partial charge is 0.359 e. The van der Waals surface area contributed by atoms with Crippen molar-refractivity contribution >= 4 is 29.3 Å². The number of H-pyrrole nitrogens is 1. The molecule has 2 amide bonds. The maximum Gasteiger partial charge on any atom is 0.416 e. The molecule has 0 bridgehead atoms. The Morgan fingerprint density at radius 1 is 1.22 bits per heavy atom. The van der Waals surface area contributed by atoms with Gasteiger partial charge in [-0.1, -0.05) is 17.8 Å². The number of likely N-dealkylation sites (N-methyl/N-ethyl adjacent to an activating group) is 1. The second-order valence-electron chi connectivity index (χ2n) is 5.31. The number of carbonyl (C=O) groups excluding carboxylic acids is 2. The molecule has 1 aromatic carbocycles. The summed E-state index contributed by atoms with van der Waals surface area (Å²) < 4.78 is 38.0. The fraction of sp³-hybridized carbons (Fsp3) is 0.250. The molecule has 144 valence electrons. The van der Waals surface area contributed by atoms with Crippen LogP contribution in [0.3, 0.4) is 0 Å². The van der Waals surface area contributed by atoms with Gasteiger partial charge in [0, 0.05) is 18.8 Å². The zero-order valence-electron chi connectivity index (χ0n) is 14.0. The maximum atomic E-state index is 12.7. The highest BCUT2D eigenvalue weighted by molar-refractivity contribution is 7.99. The first kappa shape index (κ1) is 20.5. The van der Waals surface area contributed by atoms with Crippen LogP contribution in [0, 0.1) is 0 Å². The Kier molecular flexibility index (Phi) is 6.61. The van der Waals surface area contributed by atoms with Crippen LogP contribution in [-0.4, -0.2) is 34.6 Å². The quantitative estimate of drug-likeness (QED) is 0.507. The molecule has 0 saturated carbocycles. The summed E-state index contributed by atoms with van der Waals surface area (Å²) >= 11 is 0.888. The van der Waals surface area contributed by atoms with E-state index in [0.717, 1.165) is 23.9 Å². The number of nitrogens with zero attached hydrogens (tertiary/aromatic N) is 1. The lowest BCUT2D eigenvalue weighted by Crippen LogP contribution is -2.22. The Morgan fingerprint density at radius 2 is 1.96 bits per heavy atom. The Labute approximate surface area is 155 Å². The second-order valence-corrected chi connectivity index (χ2v) is 6.27. The van der Waals surface area contributed by atoms with E-state index in [1.165, 1.54) is 25.2 Å². The highest BCUT2D eigenvalue weighted by Crippen LogP contribution is 2.30. The third kappa shape index (κ3) is 6.44. The molecular weight excluding hydrogens is 385 g/mol. The number of nitrogens with one attached hydrogen (secondary N) is 3. The van der Waals surface area contributed by atoms with Crippen LogP contribution >= 0.6 is 11.8 Å². The van der Waals surface area contributed by atoms with Gasteiger partial charge in [0.2, 0.25) is 11.8 Å². The number of aromatic amines is 1. The molecule has 0 unspecified atom stereocenters. The van der Waals surface area contributed by atoms with Crippen molar-refractivity contribution in [3.05, 3.63) is 51.9 Å². The predicted molar refractivity (Wildman–Crippen MR) is 93.4 cm³/mol. The highest BCUT2D eigenvalue weighted by Gasteiger charge is 2.30. The van der Waals surface area contributed by atoms with Crippen molar-refractivity contribution in [3.63, 3.8) is 0 Å². The fourth-order valence-corrected chi connectivity index (χ4v) is 2.69. The number of halogens is 3. The topological polar surface area (TPSA) is 104 Å². The third-order valence-corrected chi connectivity index (χ3v) is 4.08. The molecule has 3 N–H and O–H groups in total. The van der Waals surface area contributed by atoms with Gasteiger partial charge in [-0.25, -0.2) is 4.98 Å². The largest absolute Gasteiger partial charge is 0.416 e. The zero-order valence-corrected chi connectivity index (χ0v) is 14.8. The normalized spacial score (nSPS) is 11.1. The molecule has 11 heteroatoms. The molecule has 0 fully saturated rings. The van der Waals surface area contributed by atoms with Crippen LogP contribution in [0.2, 0.25) is 0 Å². The Hall–Kier alpha value is -2.82. The molecule has 2 aromatic rings. The van der Waals surface area contributed by atoms with E-state index in [1.807, 2.05) is 0 Å². The van der Waals surface area contributed by atoms with Gasteiger partial charge < -0.3 is 15.6 Å². The van der Waals surface area contributed by atoms with Crippen molar-refractivity contribution < 1.29 is 22.8 Å². The third-order valence-electron chi connectivity index (χ3n) is 3.21. The number of carbonyl (C=O) groups is 2. The van der Waals surface area contributed by atoms with E-state index in [4.69, 9.17) is 0 Å². The number of benzene rings is 1. The van der Waals surface area contributed by atoms with Crippen LogP contribution in [0.25, 0.3) is 0 Å². The maximum absolute atomic E-state index is 12.7. The molecule has 0 aliphatic rings. The van der Waals surface area contributed by atoms with Crippen LogP contribution in [0.15, 0.2) is 40.3 Å². The number of hydrogen-bond donors (Lipinski definition) is 3. The monoisotopic (exact) mass is 400 g/mol. The van der Waals surface area contributed by atoms with Crippen molar-refractivity contribution in [1.29, 1.82) is 0 Å². The van der Waals surface area contributed by atoms with Gasteiger partial charge >= 0.3 is 6.18 Å². The van der Waals surface area contributed by atoms with Crippen LogP contribution in [0.5, 0.6) is 0 Å². The van der Waals surface area contributed by atoms with Crippen molar-refractivity contribution in [2.24, 2.45) is 0 Å². The van der Waals surface area contributed by atoms with Crippen molar-refractivity contribution in [1.82, 2.24) is 15.3 Å². The van der Waals surface area contributed by atoms with Crippen molar-refractivity contribution in [2.75, 3.05) is 18.1 Å². The Balaban J connectivity index is 2.00. The molecule has 0 saturated heterocycles. The highest BCUT2D eigenvalue weighted by atomic mass is 32.2. The number of aromatic nitrogens is 2. The fourth-order valence-electron chi connectivity index (χ4n) is 2.00. The molecular formula is C16H15F3N4O3S. The lowest BCUT2D eigenvalue weighted by Gasteiger charge is -2.09. The molecule has 0 spiro atoms. The van der Waals surface area contributed by atoms with Gasteiger partial charge in [-0.05, 0) is 18.2 Å². The van der Waals surface area contributed by atoms with Gasteiger partial charge in [-0.3, -0.25) is 14.4 Å². The number of thioether (sulfide) groups is 1. The summed E-state index contributed by atoms with van der Waals surface area (Å²) in [5.74, 6) is -1.09. The number of rotatable bonds is 6. The molecule has 1 aromatic heterocycles. The summed E-state index contributed by atoms with van der Waals surface area (Å²) in [6, 6.07) is 5.42. The van der Waals surface area contributed by atoms with E-state index in [9.17, 15) is 27.6 Å². The summed E-state index contributed by atoms with van der Waals surface area (Å²) in [6.45, 7) is 0. The lowest BCUT2D eigenvalue weighted by molar-refractivity contribution is -0.137. The molecule has 0 aliphatic heterocycles. The summed E-state index contributed by atoms with van der Waals surface area (Å²) in [5.41, 5.74) is -1.12. The molecule has 7 nitrogen and oxygen atoms in total. The number of alkyl halides is 3. The lowest BCUT2D eigenvalue weighted by atomic mass is 10.2. The van der Waals surface area contributed by atoms with Crippen LogP contribution in [0.4, 0.5) is 18.9 Å². The van der Waals surface area contributed by atoms with E-state index >= 15 is 0 Å². The zero-order chi connectivity index (χ0) is 20.0. The van der Waals surface area contributed by atoms with E-state index < -0.39 is 23.2 Å². The summed E-state index contributed by atoms with van der Waals surface area (Å²) in [4.78, 5) is 41.4. The van der Waals surface area contributed by atoms with Gasteiger partial charge in [-0.2, -0.15) is 13.2 Å². The number of anilines is 1. The molecule has 27 heavy (non-hydrogen) atoms. The minimum absolute atomic E-state index is 0.00486. The Bertz CT molecular complexity index is 899. The van der Waals surface area contributed by atoms with E-state index in [2.05, 4.69) is 20.6 Å². The minimum Gasteiger partial charge on any atom is -0.359 e. The van der Waals surface area contributed by atoms with Crippen LogP contribution in [-0.2, 0) is 22.2 Å². The molecule has 0 atom stereocenters. The van der Waals surface area contributed by atoms with Gasteiger partial charge in [0.25, 0.3) is 5.56 Å².